The number of phenols is 4. The Morgan fingerprint density at radius 2 is 1.17 bits per heavy atom. The molecule has 0 aliphatic carbocycles. The van der Waals surface area contributed by atoms with Gasteiger partial charge in [-0.2, -0.15) is 0 Å². The number of phenolic OH excluding ortho intramolecular Hbond substituents is 4. The zero-order chi connectivity index (χ0) is 17.5. The number of rotatable bonds is 6. The molecule has 0 heterocycles. The van der Waals surface area contributed by atoms with Crippen LogP contribution in [0.1, 0.15) is 11.1 Å². The van der Waals surface area contributed by atoms with Crippen molar-refractivity contribution in [2.24, 2.45) is 9.98 Å². The van der Waals surface area contributed by atoms with Gasteiger partial charge in [0.1, 0.15) is 0 Å². The van der Waals surface area contributed by atoms with Gasteiger partial charge in [0.05, 0.1) is 19.2 Å². The molecule has 2 aromatic rings. The molecular weight excluding hydrogens is 312 g/mol. The van der Waals surface area contributed by atoms with Gasteiger partial charge in [-0.05, 0) is 24.3 Å². The highest BCUT2D eigenvalue weighted by Crippen LogP contribution is 2.27. The normalized spacial score (nSPS) is 12.9. The number of nitrogens with zero attached hydrogens (tertiary/aromatic N) is 2. The van der Waals surface area contributed by atoms with Crippen LogP contribution in [-0.4, -0.2) is 57.2 Å². The first-order chi connectivity index (χ1) is 11.5. The Labute approximate surface area is 138 Å². The highest BCUT2D eigenvalue weighted by atomic mass is 16.3. The molecule has 24 heavy (non-hydrogen) atoms. The average Bonchev–Trinajstić information content (AvgIpc) is 2.55. The predicted molar refractivity (Wildman–Crippen MR) is 90.5 cm³/mol. The summed E-state index contributed by atoms with van der Waals surface area (Å²) in [6, 6.07) is 9.00. The molecule has 0 fully saturated rings. The fourth-order valence-corrected chi connectivity index (χ4v) is 1.91. The van der Waals surface area contributed by atoms with Gasteiger partial charge in [0.25, 0.3) is 0 Å². The number of para-hydroxylation sites is 2. The molecular formula is C17H18N2O5. The number of hydrogen-bond acceptors (Lipinski definition) is 7. The van der Waals surface area contributed by atoms with E-state index in [2.05, 4.69) is 9.98 Å². The van der Waals surface area contributed by atoms with Crippen LogP contribution in [0.2, 0.25) is 0 Å². The third-order valence-electron chi connectivity index (χ3n) is 3.18. The van der Waals surface area contributed by atoms with Gasteiger partial charge >= 0.3 is 0 Å². The highest BCUT2D eigenvalue weighted by Gasteiger charge is 2.05. The van der Waals surface area contributed by atoms with E-state index in [0.717, 1.165) is 0 Å². The van der Waals surface area contributed by atoms with Crippen molar-refractivity contribution in [1.29, 1.82) is 0 Å². The maximum atomic E-state index is 9.80. The minimum absolute atomic E-state index is 0.0540. The topological polar surface area (TPSA) is 126 Å². The fraction of sp³-hybridized carbons (Fsp3) is 0.176. The number of aliphatic imine (C=N–C) groups is 2. The third kappa shape index (κ3) is 4.47. The van der Waals surface area contributed by atoms with Gasteiger partial charge in [-0.25, -0.2) is 0 Å². The van der Waals surface area contributed by atoms with Crippen molar-refractivity contribution in [1.82, 2.24) is 0 Å². The van der Waals surface area contributed by atoms with Crippen molar-refractivity contribution >= 4 is 12.4 Å². The molecule has 5 N–H and O–H groups in total. The van der Waals surface area contributed by atoms with Gasteiger partial charge in [0.15, 0.2) is 23.0 Å². The minimum Gasteiger partial charge on any atom is -0.504 e. The quantitative estimate of drug-likeness (QED) is 0.404. The lowest BCUT2D eigenvalue weighted by Gasteiger charge is -2.05. The van der Waals surface area contributed by atoms with Crippen molar-refractivity contribution < 1.29 is 25.5 Å². The average molecular weight is 330 g/mol. The van der Waals surface area contributed by atoms with Crippen molar-refractivity contribution in [3.05, 3.63) is 47.5 Å². The summed E-state index contributed by atoms with van der Waals surface area (Å²) in [7, 11) is 0. The molecule has 0 atom stereocenters. The summed E-state index contributed by atoms with van der Waals surface area (Å²) >= 11 is 0. The van der Waals surface area contributed by atoms with Crippen LogP contribution in [0.4, 0.5) is 0 Å². The van der Waals surface area contributed by atoms with Crippen LogP contribution in [0, 0.1) is 0 Å². The van der Waals surface area contributed by atoms with Gasteiger partial charge in [-0.3, -0.25) is 9.98 Å². The van der Waals surface area contributed by atoms with E-state index < -0.39 is 6.10 Å². The molecule has 0 aromatic heterocycles. The van der Waals surface area contributed by atoms with E-state index in [1.165, 1.54) is 24.6 Å². The number of aliphatic hydroxyl groups excluding tert-OH is 1. The Hall–Kier alpha value is -3.06. The molecule has 0 radical (unpaired) electrons. The molecule has 0 spiro atoms. The number of hydrogen-bond donors (Lipinski definition) is 5. The Bertz CT molecular complexity index is 695. The van der Waals surface area contributed by atoms with Gasteiger partial charge in [-0.1, -0.05) is 12.1 Å². The highest BCUT2D eigenvalue weighted by molar-refractivity contribution is 5.85. The predicted octanol–water partition coefficient (Wildman–Crippen LogP) is 1.41. The minimum atomic E-state index is -0.851. The van der Waals surface area contributed by atoms with Crippen molar-refractivity contribution in [3.63, 3.8) is 0 Å². The summed E-state index contributed by atoms with van der Waals surface area (Å²) < 4.78 is 0. The molecule has 7 nitrogen and oxygen atoms in total. The number of benzene rings is 2. The van der Waals surface area contributed by atoms with E-state index in [1.807, 2.05) is 0 Å². The van der Waals surface area contributed by atoms with Crippen LogP contribution in [-0.2, 0) is 0 Å². The van der Waals surface area contributed by atoms with E-state index in [4.69, 9.17) is 0 Å². The molecule has 0 saturated heterocycles. The second kappa shape index (κ2) is 7.98. The molecule has 0 saturated carbocycles. The lowest BCUT2D eigenvalue weighted by Crippen LogP contribution is -2.15. The van der Waals surface area contributed by atoms with Gasteiger partial charge in [0, 0.05) is 23.6 Å². The SMILES string of the molecule is Oc1cccc(C=NCC(O)CN=Cc2cccc(O)c2O)c1O. The van der Waals surface area contributed by atoms with E-state index in [1.54, 1.807) is 24.3 Å². The maximum Gasteiger partial charge on any atom is 0.166 e. The second-order valence-corrected chi connectivity index (χ2v) is 5.07. The monoisotopic (exact) mass is 330 g/mol. The van der Waals surface area contributed by atoms with E-state index >= 15 is 0 Å². The molecule has 126 valence electrons. The smallest absolute Gasteiger partial charge is 0.166 e. The molecule has 0 aliphatic rings. The molecule has 7 heteroatoms. The lowest BCUT2D eigenvalue weighted by atomic mass is 10.2. The maximum absolute atomic E-state index is 9.80. The third-order valence-corrected chi connectivity index (χ3v) is 3.18. The molecule has 0 aliphatic heterocycles. The number of aliphatic hydroxyl groups is 1. The second-order valence-electron chi connectivity index (χ2n) is 5.07. The summed E-state index contributed by atoms with van der Waals surface area (Å²) in [5.74, 6) is -1.02. The lowest BCUT2D eigenvalue weighted by molar-refractivity contribution is 0.193. The van der Waals surface area contributed by atoms with Crippen LogP contribution in [0.5, 0.6) is 23.0 Å². The standard InChI is InChI=1S/C17H18N2O5/c20-13(9-18-7-11-3-1-5-14(21)16(11)23)10-19-8-12-4-2-6-15(22)17(12)24/h1-8,13,20-24H,9-10H2. The molecule has 2 rings (SSSR count). The summed E-state index contributed by atoms with van der Waals surface area (Å²) in [5.41, 5.74) is 0.686. The summed E-state index contributed by atoms with van der Waals surface area (Å²) in [4.78, 5) is 7.98. The van der Waals surface area contributed by atoms with Crippen molar-refractivity contribution in [2.45, 2.75) is 6.10 Å². The Balaban J connectivity index is 1.88. The first kappa shape index (κ1) is 17.3. The van der Waals surface area contributed by atoms with Crippen LogP contribution in [0.15, 0.2) is 46.4 Å². The van der Waals surface area contributed by atoms with Gasteiger partial charge in [0.2, 0.25) is 0 Å². The zero-order valence-electron chi connectivity index (χ0n) is 12.7. The molecule has 0 amide bonds. The largest absolute Gasteiger partial charge is 0.504 e. The van der Waals surface area contributed by atoms with Crippen molar-refractivity contribution in [2.75, 3.05) is 13.1 Å². The first-order valence-corrected chi connectivity index (χ1v) is 7.18. The van der Waals surface area contributed by atoms with E-state index in [9.17, 15) is 25.5 Å². The molecule has 0 unspecified atom stereocenters. The molecule has 2 aromatic carbocycles. The summed E-state index contributed by atoms with van der Waals surface area (Å²) in [6.07, 6.45) is 1.85. The Morgan fingerprint density at radius 1 is 0.750 bits per heavy atom. The number of aromatic hydroxyl groups is 4. The van der Waals surface area contributed by atoms with Crippen LogP contribution >= 0.6 is 0 Å². The van der Waals surface area contributed by atoms with E-state index in [0.29, 0.717) is 11.1 Å². The fourth-order valence-electron chi connectivity index (χ4n) is 1.91. The van der Waals surface area contributed by atoms with Gasteiger partial charge in [-0.15, -0.1) is 0 Å². The Kier molecular flexibility index (Phi) is 5.75. The Morgan fingerprint density at radius 3 is 1.58 bits per heavy atom. The van der Waals surface area contributed by atoms with Crippen LogP contribution in [0.3, 0.4) is 0 Å². The zero-order valence-corrected chi connectivity index (χ0v) is 12.7. The molecule has 0 bridgehead atoms. The van der Waals surface area contributed by atoms with Gasteiger partial charge < -0.3 is 25.5 Å². The van der Waals surface area contributed by atoms with Crippen molar-refractivity contribution in [3.8, 4) is 23.0 Å². The summed E-state index contributed by atoms with van der Waals surface area (Å²) in [5, 5.41) is 47.7. The van der Waals surface area contributed by atoms with Crippen LogP contribution < -0.4 is 0 Å². The van der Waals surface area contributed by atoms with Crippen LogP contribution in [0.25, 0.3) is 0 Å². The first-order valence-electron chi connectivity index (χ1n) is 7.18. The summed E-state index contributed by atoms with van der Waals surface area (Å²) in [6.45, 7) is 0.108. The van der Waals surface area contributed by atoms with E-state index in [-0.39, 0.29) is 36.1 Å².